The van der Waals surface area contributed by atoms with Crippen LogP contribution in [-0.2, 0) is 9.59 Å². The summed E-state index contributed by atoms with van der Waals surface area (Å²) in [4.78, 5) is 26.8. The molecule has 4 nitrogen and oxygen atoms in total. The monoisotopic (exact) mass is 268 g/mol. The Morgan fingerprint density at radius 3 is 2.16 bits per heavy atom. The summed E-state index contributed by atoms with van der Waals surface area (Å²) in [6, 6.07) is -0.265. The van der Waals surface area contributed by atoms with E-state index < -0.39 is 5.54 Å². The smallest absolute Gasteiger partial charge is 0.249 e. The predicted octanol–water partition coefficient (Wildman–Crippen LogP) is 2.33. The number of carbonyl (C=O) groups excluding carboxylic acids is 2. The van der Waals surface area contributed by atoms with Crippen molar-refractivity contribution in [1.29, 1.82) is 0 Å². The van der Waals surface area contributed by atoms with Crippen LogP contribution in [-0.4, -0.2) is 34.3 Å². The third-order valence-electron chi connectivity index (χ3n) is 4.30. The fourth-order valence-electron chi connectivity index (χ4n) is 3.05. The normalized spacial score (nSPS) is 24.6. The first-order valence-electron chi connectivity index (χ1n) is 7.43. The second-order valence-corrected chi connectivity index (χ2v) is 6.15. The van der Waals surface area contributed by atoms with Crippen molar-refractivity contribution in [2.24, 2.45) is 5.92 Å². The number of carbonyl (C=O) groups is 2. The molecule has 4 heteroatoms. The van der Waals surface area contributed by atoms with Gasteiger partial charge in [-0.1, -0.05) is 27.7 Å². The van der Waals surface area contributed by atoms with Crippen molar-refractivity contribution in [2.45, 2.75) is 78.4 Å². The molecule has 0 bridgehead atoms. The van der Waals surface area contributed by atoms with E-state index in [1.165, 1.54) is 0 Å². The van der Waals surface area contributed by atoms with E-state index in [9.17, 15) is 9.59 Å². The molecule has 2 amide bonds. The van der Waals surface area contributed by atoms with Crippen molar-refractivity contribution >= 4 is 11.8 Å². The molecule has 1 fully saturated rings. The van der Waals surface area contributed by atoms with Gasteiger partial charge in [0, 0.05) is 6.04 Å². The molecule has 0 aliphatic carbocycles. The summed E-state index contributed by atoms with van der Waals surface area (Å²) in [5.41, 5.74) is -0.700. The number of rotatable bonds is 5. The molecule has 1 aliphatic heterocycles. The Balaban J connectivity index is 3.05. The average molecular weight is 268 g/mol. The molecule has 0 radical (unpaired) electrons. The van der Waals surface area contributed by atoms with Crippen LogP contribution in [0.5, 0.6) is 0 Å². The van der Waals surface area contributed by atoms with Crippen LogP contribution in [0.2, 0.25) is 0 Å². The first-order chi connectivity index (χ1) is 8.79. The summed E-state index contributed by atoms with van der Waals surface area (Å²) in [6.45, 7) is 12.1. The lowest BCUT2D eigenvalue weighted by atomic mass is 9.86. The van der Waals surface area contributed by atoms with E-state index in [1.807, 2.05) is 27.7 Å². The lowest BCUT2D eigenvalue weighted by Gasteiger charge is -2.47. The van der Waals surface area contributed by atoms with E-state index in [0.29, 0.717) is 18.8 Å². The Morgan fingerprint density at radius 2 is 1.74 bits per heavy atom. The van der Waals surface area contributed by atoms with Gasteiger partial charge in [0.15, 0.2) is 0 Å². The maximum absolute atomic E-state index is 12.8. The Kier molecular flexibility index (Phi) is 4.99. The summed E-state index contributed by atoms with van der Waals surface area (Å²) >= 11 is 0. The molecule has 0 spiro atoms. The van der Waals surface area contributed by atoms with Crippen molar-refractivity contribution in [2.75, 3.05) is 0 Å². The highest BCUT2D eigenvalue weighted by molar-refractivity contribution is 5.99. The average Bonchev–Trinajstić information content (AvgIpc) is 2.33. The summed E-state index contributed by atoms with van der Waals surface area (Å²) in [7, 11) is 0. The molecule has 1 aliphatic rings. The first-order valence-corrected chi connectivity index (χ1v) is 7.43. The van der Waals surface area contributed by atoms with Gasteiger partial charge in [0.25, 0.3) is 0 Å². The fourth-order valence-corrected chi connectivity index (χ4v) is 3.05. The molecule has 1 saturated heterocycles. The first kappa shape index (κ1) is 16.0. The number of nitrogens with one attached hydrogen (secondary N) is 1. The van der Waals surface area contributed by atoms with Gasteiger partial charge in [0.1, 0.15) is 11.6 Å². The molecule has 0 aromatic carbocycles. The molecule has 0 saturated carbocycles. The van der Waals surface area contributed by atoms with Gasteiger partial charge in [0.05, 0.1) is 0 Å². The molecule has 2 unspecified atom stereocenters. The highest BCUT2D eigenvalue weighted by atomic mass is 16.2. The van der Waals surface area contributed by atoms with E-state index >= 15 is 0 Å². The Morgan fingerprint density at radius 1 is 1.21 bits per heavy atom. The molecule has 1 rings (SSSR count). The predicted molar refractivity (Wildman–Crippen MR) is 76.7 cm³/mol. The number of hydrogen-bond donors (Lipinski definition) is 1. The minimum atomic E-state index is -0.700. The standard InChI is InChI=1S/C15H28N2O2/c1-7-15(8-2)14(19)17(11(5)9-10(3)4)12(6)13(18)16-15/h10-12H,7-9H2,1-6H3,(H,16,18). The molecule has 0 aromatic rings. The highest BCUT2D eigenvalue weighted by Gasteiger charge is 2.48. The summed E-state index contributed by atoms with van der Waals surface area (Å²) in [6.07, 6.45) is 2.21. The van der Waals surface area contributed by atoms with Crippen LogP contribution in [0.1, 0.15) is 60.8 Å². The Bertz CT molecular complexity index is 348. The molecule has 0 aromatic heterocycles. The molecule has 1 heterocycles. The number of amides is 2. The zero-order valence-corrected chi connectivity index (χ0v) is 13.1. The van der Waals surface area contributed by atoms with Gasteiger partial charge in [-0.3, -0.25) is 9.59 Å². The van der Waals surface area contributed by atoms with Crippen molar-refractivity contribution in [3.8, 4) is 0 Å². The van der Waals surface area contributed by atoms with Crippen LogP contribution in [0.3, 0.4) is 0 Å². The van der Waals surface area contributed by atoms with Crippen LogP contribution in [0.15, 0.2) is 0 Å². The highest BCUT2D eigenvalue weighted by Crippen LogP contribution is 2.28. The zero-order chi connectivity index (χ0) is 14.8. The summed E-state index contributed by atoms with van der Waals surface area (Å²) in [5, 5.41) is 2.94. The fraction of sp³-hybridized carbons (Fsp3) is 0.867. The molecule has 2 atom stereocenters. The van der Waals surface area contributed by atoms with E-state index in [4.69, 9.17) is 0 Å². The molecule has 110 valence electrons. The minimum absolute atomic E-state index is 0.0288. The second-order valence-electron chi connectivity index (χ2n) is 6.15. The van der Waals surface area contributed by atoms with Crippen molar-refractivity contribution in [3.05, 3.63) is 0 Å². The van der Waals surface area contributed by atoms with Gasteiger partial charge in [-0.25, -0.2) is 0 Å². The zero-order valence-electron chi connectivity index (χ0n) is 13.1. The van der Waals surface area contributed by atoms with Crippen LogP contribution >= 0.6 is 0 Å². The van der Waals surface area contributed by atoms with Crippen LogP contribution in [0, 0.1) is 5.92 Å². The van der Waals surface area contributed by atoms with Gasteiger partial charge in [-0.15, -0.1) is 0 Å². The van der Waals surface area contributed by atoms with Crippen molar-refractivity contribution in [3.63, 3.8) is 0 Å². The van der Waals surface area contributed by atoms with E-state index in [-0.39, 0.29) is 23.9 Å². The molecule has 19 heavy (non-hydrogen) atoms. The SMILES string of the molecule is CCC1(CC)NC(=O)C(C)N(C(C)CC(C)C)C1=O. The van der Waals surface area contributed by atoms with Gasteiger partial charge in [-0.2, -0.15) is 0 Å². The number of nitrogens with zero attached hydrogens (tertiary/aromatic N) is 1. The largest absolute Gasteiger partial charge is 0.340 e. The molecular formula is C15H28N2O2. The van der Waals surface area contributed by atoms with Gasteiger partial charge in [0.2, 0.25) is 11.8 Å². The second kappa shape index (κ2) is 5.93. The molecular weight excluding hydrogens is 240 g/mol. The minimum Gasteiger partial charge on any atom is -0.340 e. The summed E-state index contributed by atoms with van der Waals surface area (Å²) in [5.74, 6) is 0.564. The summed E-state index contributed by atoms with van der Waals surface area (Å²) < 4.78 is 0. The van der Waals surface area contributed by atoms with Gasteiger partial charge < -0.3 is 10.2 Å². The van der Waals surface area contributed by atoms with E-state index in [0.717, 1.165) is 6.42 Å². The topological polar surface area (TPSA) is 49.4 Å². The molecule has 1 N–H and O–H groups in total. The van der Waals surface area contributed by atoms with Crippen molar-refractivity contribution < 1.29 is 9.59 Å². The maximum atomic E-state index is 12.8. The quantitative estimate of drug-likeness (QED) is 0.832. The Hall–Kier alpha value is -1.06. The van der Waals surface area contributed by atoms with Gasteiger partial charge in [-0.05, 0) is 39.0 Å². The lowest BCUT2D eigenvalue weighted by molar-refractivity contribution is -0.157. The van der Waals surface area contributed by atoms with Crippen LogP contribution in [0.25, 0.3) is 0 Å². The van der Waals surface area contributed by atoms with E-state index in [2.05, 4.69) is 19.2 Å². The van der Waals surface area contributed by atoms with Crippen LogP contribution < -0.4 is 5.32 Å². The van der Waals surface area contributed by atoms with Gasteiger partial charge >= 0.3 is 0 Å². The maximum Gasteiger partial charge on any atom is 0.249 e. The Labute approximate surface area is 116 Å². The lowest BCUT2D eigenvalue weighted by Crippen LogP contribution is -2.70. The number of hydrogen-bond acceptors (Lipinski definition) is 2. The van der Waals surface area contributed by atoms with Crippen LogP contribution in [0.4, 0.5) is 0 Å². The van der Waals surface area contributed by atoms with E-state index in [1.54, 1.807) is 4.90 Å². The number of piperazine rings is 1. The third kappa shape index (κ3) is 2.93. The van der Waals surface area contributed by atoms with Crippen molar-refractivity contribution in [1.82, 2.24) is 10.2 Å². The third-order valence-corrected chi connectivity index (χ3v) is 4.30.